The molecule has 0 N–H and O–H groups in total. The summed E-state index contributed by atoms with van der Waals surface area (Å²) in [5.74, 6) is 0.747. The summed E-state index contributed by atoms with van der Waals surface area (Å²) in [6.07, 6.45) is -3.59. The van der Waals surface area contributed by atoms with Gasteiger partial charge in [0.2, 0.25) is 5.60 Å². The van der Waals surface area contributed by atoms with Gasteiger partial charge in [-0.2, -0.15) is 13.2 Å². The fraction of sp³-hybridized carbons (Fsp3) is 0.375. The van der Waals surface area contributed by atoms with Gasteiger partial charge in [0.1, 0.15) is 11.5 Å². The third-order valence-electron chi connectivity index (χ3n) is 7.16. The molecule has 0 aromatic heterocycles. The molecule has 1 aliphatic heterocycles. The Morgan fingerprint density at radius 2 is 1.67 bits per heavy atom. The molecule has 1 heterocycles. The lowest BCUT2D eigenvalue weighted by Crippen LogP contribution is -2.45. The van der Waals surface area contributed by atoms with Crippen LogP contribution < -0.4 is 9.47 Å². The molecule has 0 bridgehead atoms. The molecule has 0 spiro atoms. The Balaban J connectivity index is 1.31. The van der Waals surface area contributed by atoms with E-state index in [2.05, 4.69) is 0 Å². The molecular weight excluding hydrogens is 549 g/mol. The van der Waals surface area contributed by atoms with Crippen molar-refractivity contribution < 1.29 is 37.0 Å². The zero-order valence-electron chi connectivity index (χ0n) is 23.9. The van der Waals surface area contributed by atoms with Crippen LogP contribution in [0.1, 0.15) is 37.0 Å². The molecule has 224 valence electrons. The minimum atomic E-state index is -4.43. The highest BCUT2D eigenvalue weighted by Crippen LogP contribution is 2.30. The largest absolute Gasteiger partial charge is 0.494 e. The summed E-state index contributed by atoms with van der Waals surface area (Å²) in [6.45, 7) is 4.53. The smallest absolute Gasteiger partial charge is 0.416 e. The van der Waals surface area contributed by atoms with Gasteiger partial charge < -0.3 is 24.0 Å². The number of benzene rings is 3. The number of carbonyl (C=O) groups excluding carboxylic acids is 2. The number of para-hydroxylation sites is 1. The van der Waals surface area contributed by atoms with Gasteiger partial charge in [0, 0.05) is 33.0 Å². The van der Waals surface area contributed by atoms with Crippen molar-refractivity contribution in [3.05, 3.63) is 95.6 Å². The van der Waals surface area contributed by atoms with E-state index in [-0.39, 0.29) is 31.6 Å². The number of amides is 2. The molecule has 0 saturated carbocycles. The van der Waals surface area contributed by atoms with Gasteiger partial charge in [0.25, 0.3) is 0 Å². The van der Waals surface area contributed by atoms with Gasteiger partial charge in [-0.25, -0.2) is 9.59 Å². The molecule has 1 fully saturated rings. The monoisotopic (exact) mass is 584 g/mol. The highest BCUT2D eigenvalue weighted by atomic mass is 19.4. The molecule has 4 rings (SSSR count). The molecular formula is C32H35F3N2O5. The number of carbonyl (C=O) groups is 2. The minimum absolute atomic E-state index is 0.102. The van der Waals surface area contributed by atoms with Crippen LogP contribution in [0, 0.1) is 0 Å². The first-order valence-corrected chi connectivity index (χ1v) is 13.8. The van der Waals surface area contributed by atoms with Crippen molar-refractivity contribution in [2.75, 3.05) is 26.8 Å². The topological polar surface area (TPSA) is 68.3 Å². The number of hydrogen-bond acceptors (Lipinski definition) is 5. The van der Waals surface area contributed by atoms with Crippen LogP contribution >= 0.6 is 0 Å². The van der Waals surface area contributed by atoms with E-state index in [1.165, 1.54) is 6.07 Å². The summed E-state index contributed by atoms with van der Waals surface area (Å²) in [6, 6.07) is 21.1. The van der Waals surface area contributed by atoms with Crippen molar-refractivity contribution in [3.63, 3.8) is 0 Å². The van der Waals surface area contributed by atoms with E-state index in [1.54, 1.807) is 48.9 Å². The number of likely N-dealkylation sites (N-methyl/N-ethyl adjacent to an activating group) is 1. The summed E-state index contributed by atoms with van der Waals surface area (Å²) in [4.78, 5) is 28.7. The van der Waals surface area contributed by atoms with Crippen LogP contribution in [0.25, 0.3) is 0 Å². The van der Waals surface area contributed by atoms with Crippen LogP contribution in [0.5, 0.6) is 11.5 Å². The maximum Gasteiger partial charge on any atom is 0.416 e. The van der Waals surface area contributed by atoms with Crippen molar-refractivity contribution in [3.8, 4) is 11.5 Å². The summed E-state index contributed by atoms with van der Waals surface area (Å²) in [5, 5.41) is 0. The van der Waals surface area contributed by atoms with E-state index < -0.39 is 23.3 Å². The number of esters is 1. The lowest BCUT2D eigenvalue weighted by molar-refractivity contribution is -0.160. The first-order chi connectivity index (χ1) is 20.0. The molecule has 0 unspecified atom stereocenters. The third-order valence-corrected chi connectivity index (χ3v) is 7.16. The standard InChI is InChI=1S/C32H35F3N2O5/c1-4-40-29(38)31(2,42-28-11-6-5-7-12-28)20-23-13-15-27(16-14-23)41-18-17-26-22-37(30(39)36(26)3)21-24-9-8-10-25(19-24)32(33,34)35/h5-16,19,26H,4,17-18,20-22H2,1-3H3/t26-,31-/m0/s1. The molecule has 3 aromatic rings. The number of ether oxygens (including phenoxy) is 3. The fourth-order valence-corrected chi connectivity index (χ4v) is 4.91. The Labute approximate surface area is 243 Å². The van der Waals surface area contributed by atoms with Crippen molar-refractivity contribution in [1.82, 2.24) is 9.80 Å². The van der Waals surface area contributed by atoms with E-state index in [4.69, 9.17) is 14.2 Å². The van der Waals surface area contributed by atoms with Gasteiger partial charge >= 0.3 is 18.2 Å². The zero-order valence-corrected chi connectivity index (χ0v) is 23.9. The van der Waals surface area contributed by atoms with E-state index in [0.29, 0.717) is 36.6 Å². The number of rotatable bonds is 12. The first-order valence-electron chi connectivity index (χ1n) is 13.8. The molecule has 2 amide bonds. The third kappa shape index (κ3) is 7.74. The van der Waals surface area contributed by atoms with Crippen LogP contribution in [0.2, 0.25) is 0 Å². The van der Waals surface area contributed by atoms with Crippen molar-refractivity contribution in [1.29, 1.82) is 0 Å². The Bertz CT molecular complexity index is 1350. The average molecular weight is 585 g/mol. The van der Waals surface area contributed by atoms with Crippen LogP contribution in [0.4, 0.5) is 18.0 Å². The number of nitrogens with zero attached hydrogens (tertiary/aromatic N) is 2. The Kier molecular flexibility index (Phi) is 9.65. The maximum atomic E-state index is 13.1. The predicted octanol–water partition coefficient (Wildman–Crippen LogP) is 6.35. The minimum Gasteiger partial charge on any atom is -0.494 e. The number of halogens is 3. The zero-order chi connectivity index (χ0) is 30.3. The lowest BCUT2D eigenvalue weighted by Gasteiger charge is -2.28. The molecule has 42 heavy (non-hydrogen) atoms. The van der Waals surface area contributed by atoms with Gasteiger partial charge in [-0.05, 0) is 61.4 Å². The second-order valence-electron chi connectivity index (χ2n) is 10.5. The van der Waals surface area contributed by atoms with Crippen molar-refractivity contribution in [2.45, 2.75) is 51.1 Å². The van der Waals surface area contributed by atoms with E-state index in [9.17, 15) is 22.8 Å². The Morgan fingerprint density at radius 1 is 0.952 bits per heavy atom. The molecule has 1 aliphatic rings. The number of urea groups is 1. The molecule has 2 atom stereocenters. The van der Waals surface area contributed by atoms with Crippen LogP contribution in [-0.4, -0.2) is 60.2 Å². The average Bonchev–Trinajstić information content (AvgIpc) is 3.22. The van der Waals surface area contributed by atoms with Crippen molar-refractivity contribution >= 4 is 12.0 Å². The molecule has 0 aliphatic carbocycles. The van der Waals surface area contributed by atoms with Crippen molar-refractivity contribution in [2.24, 2.45) is 0 Å². The molecule has 7 nitrogen and oxygen atoms in total. The maximum absolute atomic E-state index is 13.1. The van der Waals surface area contributed by atoms with Gasteiger partial charge in [0.05, 0.1) is 24.8 Å². The highest BCUT2D eigenvalue weighted by molar-refractivity contribution is 5.80. The Morgan fingerprint density at radius 3 is 2.33 bits per heavy atom. The number of hydrogen-bond donors (Lipinski definition) is 0. The SMILES string of the molecule is CCOC(=O)[C@](C)(Cc1ccc(OCC[C@H]2CN(Cc3cccc(C(F)(F)F)c3)C(=O)N2C)cc1)Oc1ccccc1. The molecule has 3 aromatic carbocycles. The van der Waals surface area contributed by atoms with Gasteiger partial charge in [-0.3, -0.25) is 0 Å². The second kappa shape index (κ2) is 13.2. The summed E-state index contributed by atoms with van der Waals surface area (Å²) < 4.78 is 56.5. The van der Waals surface area contributed by atoms with Crippen LogP contribution in [0.3, 0.4) is 0 Å². The van der Waals surface area contributed by atoms with Crippen LogP contribution in [0.15, 0.2) is 78.9 Å². The van der Waals surface area contributed by atoms with E-state index in [0.717, 1.165) is 17.7 Å². The summed E-state index contributed by atoms with van der Waals surface area (Å²) >= 11 is 0. The first kappa shape index (κ1) is 30.7. The number of alkyl halides is 3. The van der Waals surface area contributed by atoms with Crippen LogP contribution in [-0.2, 0) is 28.7 Å². The predicted molar refractivity (Wildman–Crippen MR) is 151 cm³/mol. The normalized spacial score (nSPS) is 16.7. The highest BCUT2D eigenvalue weighted by Gasteiger charge is 2.38. The second-order valence-corrected chi connectivity index (χ2v) is 10.5. The quantitative estimate of drug-likeness (QED) is 0.232. The lowest BCUT2D eigenvalue weighted by atomic mass is 9.96. The van der Waals surface area contributed by atoms with Gasteiger partial charge in [-0.1, -0.05) is 42.5 Å². The molecule has 10 heteroatoms. The van der Waals surface area contributed by atoms with Gasteiger partial charge in [0.15, 0.2) is 0 Å². The Hall–Kier alpha value is -4.21. The van der Waals surface area contributed by atoms with E-state index >= 15 is 0 Å². The summed E-state index contributed by atoms with van der Waals surface area (Å²) in [7, 11) is 1.69. The summed E-state index contributed by atoms with van der Waals surface area (Å²) in [5.41, 5.74) is -0.665. The fourth-order valence-electron chi connectivity index (χ4n) is 4.91. The van der Waals surface area contributed by atoms with E-state index in [1.807, 2.05) is 42.5 Å². The molecule has 0 radical (unpaired) electrons. The van der Waals surface area contributed by atoms with Gasteiger partial charge in [-0.15, -0.1) is 0 Å². The molecule has 1 saturated heterocycles.